The fourth-order valence-corrected chi connectivity index (χ4v) is 2.89. The molecule has 0 spiro atoms. The van der Waals surface area contributed by atoms with Crippen LogP contribution < -0.4 is 14.8 Å². The largest absolute Gasteiger partial charge is 0.486 e. The molecule has 0 saturated carbocycles. The smallest absolute Gasteiger partial charge is 0.173 e. The number of hydrogen-bond donors (Lipinski definition) is 1. The molecule has 1 N–H and O–H groups in total. The highest BCUT2D eigenvalue weighted by Gasteiger charge is 2.18. The highest BCUT2D eigenvalue weighted by atomic mass is 32.1. The zero-order chi connectivity index (χ0) is 14.7. The van der Waals surface area contributed by atoms with Crippen molar-refractivity contribution in [2.24, 2.45) is 0 Å². The van der Waals surface area contributed by atoms with Gasteiger partial charge in [-0.2, -0.15) is 0 Å². The van der Waals surface area contributed by atoms with E-state index in [1.807, 2.05) is 18.2 Å². The van der Waals surface area contributed by atoms with E-state index in [-0.39, 0.29) is 0 Å². The first-order chi connectivity index (χ1) is 10.3. The molecular weight excluding hydrogens is 286 g/mol. The number of hydrogen-bond acceptors (Lipinski definition) is 4. The summed E-state index contributed by atoms with van der Waals surface area (Å²) in [6.45, 7) is 8.60. The maximum Gasteiger partial charge on any atom is 0.173 e. The van der Waals surface area contributed by atoms with Crippen LogP contribution in [0.3, 0.4) is 0 Å². The van der Waals surface area contributed by atoms with E-state index in [9.17, 15) is 0 Å². The molecule has 0 aromatic heterocycles. The zero-order valence-electron chi connectivity index (χ0n) is 12.3. The van der Waals surface area contributed by atoms with Crippen LogP contribution in [0.4, 0.5) is 5.69 Å². The molecule has 2 aliphatic heterocycles. The molecular formula is C15H21N3O2S. The number of piperazine rings is 1. The molecule has 0 radical (unpaired) electrons. The second-order valence-corrected chi connectivity index (χ2v) is 5.60. The molecule has 6 heteroatoms. The fourth-order valence-electron chi connectivity index (χ4n) is 2.59. The molecule has 21 heavy (non-hydrogen) atoms. The van der Waals surface area contributed by atoms with E-state index in [2.05, 4.69) is 22.0 Å². The van der Waals surface area contributed by atoms with Crippen LogP contribution in [-0.4, -0.2) is 60.8 Å². The third-order valence-corrected chi connectivity index (χ3v) is 4.26. The average Bonchev–Trinajstić information content (AvgIpc) is 2.55. The molecule has 0 bridgehead atoms. The van der Waals surface area contributed by atoms with Gasteiger partial charge in [-0.3, -0.25) is 0 Å². The molecule has 3 rings (SSSR count). The maximum absolute atomic E-state index is 5.59. The van der Waals surface area contributed by atoms with Crippen LogP contribution in [-0.2, 0) is 0 Å². The Labute approximate surface area is 130 Å². The molecule has 114 valence electrons. The van der Waals surface area contributed by atoms with Gasteiger partial charge in [0.05, 0.1) is 0 Å². The number of nitrogens with one attached hydrogen (secondary N) is 1. The van der Waals surface area contributed by atoms with Crippen molar-refractivity contribution in [3.05, 3.63) is 18.2 Å². The lowest BCUT2D eigenvalue weighted by Crippen LogP contribution is -2.49. The van der Waals surface area contributed by atoms with Crippen molar-refractivity contribution in [2.75, 3.05) is 51.3 Å². The van der Waals surface area contributed by atoms with Crippen LogP contribution in [0.1, 0.15) is 6.92 Å². The number of likely N-dealkylation sites (N-methyl/N-ethyl adjacent to an activating group) is 1. The summed E-state index contributed by atoms with van der Waals surface area (Å²) in [5, 5.41) is 4.08. The van der Waals surface area contributed by atoms with Gasteiger partial charge in [-0.05, 0) is 30.9 Å². The fraction of sp³-hybridized carbons (Fsp3) is 0.533. The number of ether oxygens (including phenoxy) is 2. The summed E-state index contributed by atoms with van der Waals surface area (Å²) in [7, 11) is 0. The lowest BCUT2D eigenvalue weighted by atomic mass is 10.2. The van der Waals surface area contributed by atoms with E-state index in [0.717, 1.165) is 55.0 Å². The molecule has 0 amide bonds. The van der Waals surface area contributed by atoms with Crippen molar-refractivity contribution < 1.29 is 9.47 Å². The highest BCUT2D eigenvalue weighted by molar-refractivity contribution is 7.80. The van der Waals surface area contributed by atoms with Crippen molar-refractivity contribution in [1.29, 1.82) is 0 Å². The zero-order valence-corrected chi connectivity index (χ0v) is 13.1. The molecule has 1 aromatic carbocycles. The van der Waals surface area contributed by atoms with E-state index in [4.69, 9.17) is 21.7 Å². The molecule has 1 aromatic rings. The normalized spacial score (nSPS) is 18.4. The van der Waals surface area contributed by atoms with E-state index < -0.39 is 0 Å². The van der Waals surface area contributed by atoms with Crippen LogP contribution in [0.2, 0.25) is 0 Å². The molecule has 1 saturated heterocycles. The first kappa shape index (κ1) is 14.4. The van der Waals surface area contributed by atoms with Gasteiger partial charge in [0.1, 0.15) is 13.2 Å². The lowest BCUT2D eigenvalue weighted by molar-refractivity contribution is 0.171. The Kier molecular flexibility index (Phi) is 4.45. The summed E-state index contributed by atoms with van der Waals surface area (Å²) in [6, 6.07) is 5.85. The van der Waals surface area contributed by atoms with E-state index in [1.165, 1.54) is 0 Å². The first-order valence-corrected chi connectivity index (χ1v) is 7.85. The Morgan fingerprint density at radius 1 is 1.14 bits per heavy atom. The summed E-state index contributed by atoms with van der Waals surface area (Å²) < 4.78 is 11.1. The molecule has 2 heterocycles. The van der Waals surface area contributed by atoms with Crippen molar-refractivity contribution in [1.82, 2.24) is 9.80 Å². The predicted molar refractivity (Wildman–Crippen MR) is 87.3 cm³/mol. The number of thiocarbonyl (C=S) groups is 1. The summed E-state index contributed by atoms with van der Waals surface area (Å²) in [6.07, 6.45) is 0. The monoisotopic (exact) mass is 307 g/mol. The molecule has 0 unspecified atom stereocenters. The third-order valence-electron chi connectivity index (χ3n) is 3.90. The van der Waals surface area contributed by atoms with Crippen molar-refractivity contribution in [3.63, 3.8) is 0 Å². The van der Waals surface area contributed by atoms with Crippen LogP contribution in [0.25, 0.3) is 0 Å². The van der Waals surface area contributed by atoms with E-state index >= 15 is 0 Å². The quantitative estimate of drug-likeness (QED) is 0.840. The van der Waals surface area contributed by atoms with Crippen LogP contribution in [0.5, 0.6) is 11.5 Å². The minimum absolute atomic E-state index is 0.597. The topological polar surface area (TPSA) is 37.0 Å². The second kappa shape index (κ2) is 6.49. The maximum atomic E-state index is 5.59. The van der Waals surface area contributed by atoms with Gasteiger partial charge >= 0.3 is 0 Å². The molecule has 0 atom stereocenters. The molecule has 0 aliphatic carbocycles. The second-order valence-electron chi connectivity index (χ2n) is 5.21. The minimum atomic E-state index is 0.597. The van der Waals surface area contributed by atoms with Crippen LogP contribution in [0.15, 0.2) is 18.2 Å². The highest BCUT2D eigenvalue weighted by Crippen LogP contribution is 2.32. The van der Waals surface area contributed by atoms with E-state index in [0.29, 0.717) is 13.2 Å². The number of anilines is 1. The Bertz CT molecular complexity index is 516. The summed E-state index contributed by atoms with van der Waals surface area (Å²) in [5.41, 5.74) is 0.946. The number of fused-ring (bicyclic) bond motifs is 1. The van der Waals surface area contributed by atoms with Crippen LogP contribution in [0, 0.1) is 0 Å². The lowest BCUT2D eigenvalue weighted by Gasteiger charge is -2.35. The Morgan fingerprint density at radius 2 is 1.86 bits per heavy atom. The SMILES string of the molecule is CCN1CCN(C(=S)Nc2ccc3c(c2)OCCO3)CC1. The summed E-state index contributed by atoms with van der Waals surface area (Å²) in [5.74, 6) is 1.58. The Hall–Kier alpha value is -1.53. The number of benzene rings is 1. The minimum Gasteiger partial charge on any atom is -0.486 e. The Balaban J connectivity index is 1.60. The van der Waals surface area contributed by atoms with Gasteiger partial charge in [0.15, 0.2) is 16.6 Å². The van der Waals surface area contributed by atoms with Gasteiger partial charge in [0.2, 0.25) is 0 Å². The first-order valence-electron chi connectivity index (χ1n) is 7.44. The van der Waals surface area contributed by atoms with Gasteiger partial charge < -0.3 is 24.6 Å². The van der Waals surface area contributed by atoms with Crippen molar-refractivity contribution in [2.45, 2.75) is 6.92 Å². The Morgan fingerprint density at radius 3 is 2.57 bits per heavy atom. The molecule has 5 nitrogen and oxygen atoms in total. The van der Waals surface area contributed by atoms with Gasteiger partial charge in [0, 0.05) is 37.9 Å². The third kappa shape index (κ3) is 3.39. The standard InChI is InChI=1S/C15H21N3O2S/c1-2-17-5-7-18(8-6-17)15(21)16-12-3-4-13-14(11-12)20-10-9-19-13/h3-4,11H,2,5-10H2,1H3,(H,16,21). The van der Waals surface area contributed by atoms with E-state index in [1.54, 1.807) is 0 Å². The predicted octanol–water partition coefficient (Wildman–Crippen LogP) is 1.79. The van der Waals surface area contributed by atoms with Gasteiger partial charge in [-0.25, -0.2) is 0 Å². The van der Waals surface area contributed by atoms with Gasteiger partial charge in [-0.15, -0.1) is 0 Å². The van der Waals surface area contributed by atoms with Crippen LogP contribution >= 0.6 is 12.2 Å². The molecule has 2 aliphatic rings. The van der Waals surface area contributed by atoms with Gasteiger partial charge in [0.25, 0.3) is 0 Å². The summed E-state index contributed by atoms with van der Waals surface area (Å²) >= 11 is 5.51. The van der Waals surface area contributed by atoms with Crippen molar-refractivity contribution >= 4 is 23.0 Å². The average molecular weight is 307 g/mol. The summed E-state index contributed by atoms with van der Waals surface area (Å²) in [4.78, 5) is 4.65. The van der Waals surface area contributed by atoms with Gasteiger partial charge in [-0.1, -0.05) is 6.92 Å². The number of rotatable bonds is 2. The van der Waals surface area contributed by atoms with Crippen molar-refractivity contribution in [3.8, 4) is 11.5 Å². The molecule has 1 fully saturated rings. The number of nitrogens with zero attached hydrogens (tertiary/aromatic N) is 2.